The van der Waals surface area contributed by atoms with Crippen LogP contribution in [0.2, 0.25) is 0 Å². The van der Waals surface area contributed by atoms with E-state index in [9.17, 15) is 0 Å². The Balaban J connectivity index is 0. The van der Waals surface area contributed by atoms with Crippen LogP contribution in [-0.2, 0) is 0 Å². The summed E-state index contributed by atoms with van der Waals surface area (Å²) in [5.41, 5.74) is 0. The average molecular weight is 215 g/mol. The molecule has 94 valence electrons. The van der Waals surface area contributed by atoms with E-state index in [1.165, 1.54) is 45.3 Å². The molecule has 0 atom stereocenters. The summed E-state index contributed by atoms with van der Waals surface area (Å²) in [6.07, 6.45) is 5.61. The summed E-state index contributed by atoms with van der Waals surface area (Å²) < 4.78 is 0. The smallest absolute Gasteiger partial charge is 0.00190 e. The van der Waals surface area contributed by atoms with E-state index in [0.29, 0.717) is 0 Å². The molecule has 15 heavy (non-hydrogen) atoms. The SMILES string of the molecule is CC.CCN(CC)CCCCCC(C)C. The standard InChI is InChI=1S/C12H27N.C2H6/c1-5-13(6-2)11-9-7-8-10-12(3)4;1-2/h12H,5-11H2,1-4H3;1-2H3. The maximum absolute atomic E-state index is 2.51. The van der Waals surface area contributed by atoms with Crippen molar-refractivity contribution >= 4 is 0 Å². The predicted molar refractivity (Wildman–Crippen MR) is 72.4 cm³/mol. The molecular formula is C14H33N. The van der Waals surface area contributed by atoms with E-state index in [-0.39, 0.29) is 0 Å². The summed E-state index contributed by atoms with van der Waals surface area (Å²) in [4.78, 5) is 2.51. The molecule has 0 aliphatic heterocycles. The van der Waals surface area contributed by atoms with E-state index < -0.39 is 0 Å². The molecule has 0 saturated heterocycles. The van der Waals surface area contributed by atoms with Gasteiger partial charge in [0.15, 0.2) is 0 Å². The van der Waals surface area contributed by atoms with Crippen molar-refractivity contribution in [3.63, 3.8) is 0 Å². The lowest BCUT2D eigenvalue weighted by atomic mass is 10.1. The molecule has 0 amide bonds. The topological polar surface area (TPSA) is 3.24 Å². The number of rotatable bonds is 8. The van der Waals surface area contributed by atoms with Gasteiger partial charge in [-0.3, -0.25) is 0 Å². The quantitative estimate of drug-likeness (QED) is 0.536. The zero-order valence-electron chi connectivity index (χ0n) is 12.0. The first-order valence-corrected chi connectivity index (χ1v) is 6.93. The lowest BCUT2D eigenvalue weighted by molar-refractivity contribution is 0.294. The van der Waals surface area contributed by atoms with Crippen molar-refractivity contribution in [2.24, 2.45) is 5.92 Å². The van der Waals surface area contributed by atoms with Gasteiger partial charge in [-0.2, -0.15) is 0 Å². The third-order valence-electron chi connectivity index (χ3n) is 2.65. The number of hydrogen-bond acceptors (Lipinski definition) is 1. The van der Waals surface area contributed by atoms with E-state index in [1.54, 1.807) is 0 Å². The summed E-state index contributed by atoms with van der Waals surface area (Å²) in [5, 5.41) is 0. The van der Waals surface area contributed by atoms with Gasteiger partial charge in [-0.15, -0.1) is 0 Å². The second-order valence-corrected chi connectivity index (χ2v) is 4.27. The van der Waals surface area contributed by atoms with Gasteiger partial charge in [0, 0.05) is 0 Å². The van der Waals surface area contributed by atoms with Gasteiger partial charge in [0.25, 0.3) is 0 Å². The van der Waals surface area contributed by atoms with Gasteiger partial charge < -0.3 is 4.90 Å². The van der Waals surface area contributed by atoms with Gasteiger partial charge in [-0.1, -0.05) is 60.8 Å². The minimum atomic E-state index is 0.883. The van der Waals surface area contributed by atoms with Crippen LogP contribution in [0, 0.1) is 5.92 Å². The fraction of sp³-hybridized carbons (Fsp3) is 1.00. The van der Waals surface area contributed by atoms with Crippen LogP contribution in [-0.4, -0.2) is 24.5 Å². The van der Waals surface area contributed by atoms with Crippen molar-refractivity contribution in [2.45, 2.75) is 67.2 Å². The largest absolute Gasteiger partial charge is 0.304 e. The molecule has 0 aromatic heterocycles. The zero-order chi connectivity index (χ0) is 12.1. The third kappa shape index (κ3) is 14.0. The average Bonchev–Trinajstić information content (AvgIpc) is 2.26. The number of nitrogens with zero attached hydrogens (tertiary/aromatic N) is 1. The highest BCUT2D eigenvalue weighted by molar-refractivity contribution is 4.53. The molecule has 1 heteroatoms. The number of unbranched alkanes of at least 4 members (excludes halogenated alkanes) is 2. The molecule has 0 heterocycles. The number of hydrogen-bond donors (Lipinski definition) is 0. The van der Waals surface area contributed by atoms with Gasteiger partial charge in [0.2, 0.25) is 0 Å². The van der Waals surface area contributed by atoms with Crippen LogP contribution in [0.4, 0.5) is 0 Å². The van der Waals surface area contributed by atoms with Gasteiger partial charge in [-0.05, 0) is 32.0 Å². The van der Waals surface area contributed by atoms with Crippen LogP contribution in [0.15, 0.2) is 0 Å². The Morgan fingerprint density at radius 2 is 1.40 bits per heavy atom. The molecule has 0 spiro atoms. The fourth-order valence-corrected chi connectivity index (χ4v) is 1.60. The molecular weight excluding hydrogens is 182 g/mol. The van der Waals surface area contributed by atoms with Crippen LogP contribution < -0.4 is 0 Å². The lowest BCUT2D eigenvalue weighted by Crippen LogP contribution is -2.23. The summed E-state index contributed by atoms with van der Waals surface area (Å²) in [6.45, 7) is 16.8. The van der Waals surface area contributed by atoms with Crippen molar-refractivity contribution in [3.8, 4) is 0 Å². The Bertz CT molecular complexity index is 95.5. The molecule has 0 saturated carbocycles. The molecule has 0 N–H and O–H groups in total. The summed E-state index contributed by atoms with van der Waals surface area (Å²) >= 11 is 0. The first-order valence-electron chi connectivity index (χ1n) is 6.93. The van der Waals surface area contributed by atoms with Gasteiger partial charge >= 0.3 is 0 Å². The van der Waals surface area contributed by atoms with Crippen molar-refractivity contribution in [1.29, 1.82) is 0 Å². The molecule has 0 aliphatic carbocycles. The molecule has 0 bridgehead atoms. The second-order valence-electron chi connectivity index (χ2n) is 4.27. The molecule has 0 aromatic rings. The first kappa shape index (κ1) is 17.4. The molecule has 1 nitrogen and oxygen atoms in total. The Labute approximate surface area is 98.2 Å². The molecule has 0 radical (unpaired) electrons. The fourth-order valence-electron chi connectivity index (χ4n) is 1.60. The Hall–Kier alpha value is -0.0400. The van der Waals surface area contributed by atoms with E-state index in [0.717, 1.165) is 5.92 Å². The van der Waals surface area contributed by atoms with Crippen molar-refractivity contribution in [2.75, 3.05) is 19.6 Å². The second kappa shape index (κ2) is 14.0. The molecule has 0 aliphatic rings. The van der Waals surface area contributed by atoms with Crippen molar-refractivity contribution < 1.29 is 0 Å². The minimum Gasteiger partial charge on any atom is -0.304 e. The van der Waals surface area contributed by atoms with Gasteiger partial charge in [0.05, 0.1) is 0 Å². The van der Waals surface area contributed by atoms with E-state index >= 15 is 0 Å². The summed E-state index contributed by atoms with van der Waals surface area (Å²) in [5.74, 6) is 0.883. The molecule has 0 fully saturated rings. The van der Waals surface area contributed by atoms with Gasteiger partial charge in [0.1, 0.15) is 0 Å². The Morgan fingerprint density at radius 1 is 0.867 bits per heavy atom. The van der Waals surface area contributed by atoms with Crippen molar-refractivity contribution in [1.82, 2.24) is 4.90 Å². The van der Waals surface area contributed by atoms with E-state index in [2.05, 4.69) is 32.6 Å². The predicted octanol–water partition coefficient (Wildman–Crippen LogP) is 4.57. The minimum absolute atomic E-state index is 0.883. The van der Waals surface area contributed by atoms with Crippen LogP contribution in [0.3, 0.4) is 0 Å². The maximum atomic E-state index is 2.51. The lowest BCUT2D eigenvalue weighted by Gasteiger charge is -2.17. The first-order chi connectivity index (χ1) is 7.20. The Morgan fingerprint density at radius 3 is 1.80 bits per heavy atom. The Kier molecular flexibility index (Phi) is 16.2. The van der Waals surface area contributed by atoms with Crippen LogP contribution >= 0.6 is 0 Å². The highest BCUT2D eigenvalue weighted by Crippen LogP contribution is 2.08. The highest BCUT2D eigenvalue weighted by atomic mass is 15.1. The van der Waals surface area contributed by atoms with Crippen LogP contribution in [0.25, 0.3) is 0 Å². The molecule has 0 aromatic carbocycles. The maximum Gasteiger partial charge on any atom is -0.00190 e. The summed E-state index contributed by atoms with van der Waals surface area (Å²) in [6, 6.07) is 0. The third-order valence-corrected chi connectivity index (χ3v) is 2.65. The van der Waals surface area contributed by atoms with Crippen LogP contribution in [0.5, 0.6) is 0 Å². The monoisotopic (exact) mass is 215 g/mol. The van der Waals surface area contributed by atoms with Crippen molar-refractivity contribution in [3.05, 3.63) is 0 Å². The van der Waals surface area contributed by atoms with Crippen LogP contribution in [0.1, 0.15) is 67.2 Å². The molecule has 0 rings (SSSR count). The molecule has 0 unspecified atom stereocenters. The van der Waals surface area contributed by atoms with E-state index in [4.69, 9.17) is 0 Å². The zero-order valence-corrected chi connectivity index (χ0v) is 12.0. The van der Waals surface area contributed by atoms with Gasteiger partial charge in [-0.25, -0.2) is 0 Å². The summed E-state index contributed by atoms with van der Waals surface area (Å²) in [7, 11) is 0. The van der Waals surface area contributed by atoms with E-state index in [1.807, 2.05) is 13.8 Å². The normalized spacial score (nSPS) is 10.4. The highest BCUT2D eigenvalue weighted by Gasteiger charge is 1.98.